The molecule has 16 nitrogen and oxygen atoms in total. The molecule has 0 saturated carbocycles. The van der Waals surface area contributed by atoms with Gasteiger partial charge in [-0.15, -0.1) is 11.6 Å². The van der Waals surface area contributed by atoms with Crippen molar-refractivity contribution in [3.05, 3.63) is 22.7 Å². The number of phosphoric acid groups is 3. The molecule has 0 aromatic carbocycles. The van der Waals surface area contributed by atoms with Gasteiger partial charge < -0.3 is 35.2 Å². The average molecular weight is 516 g/mol. The number of phosphoric ester groups is 1. The fraction of sp³-hybridized carbons (Fsp3) is 0.600. The van der Waals surface area contributed by atoms with Crippen molar-refractivity contribution in [2.45, 2.75) is 30.2 Å². The Morgan fingerprint density at radius 3 is 2.40 bits per heavy atom. The van der Waals surface area contributed by atoms with E-state index in [2.05, 4.69) is 18.1 Å². The van der Waals surface area contributed by atoms with Crippen molar-refractivity contribution < 1.29 is 56.3 Å². The molecule has 1 aliphatic heterocycles. The van der Waals surface area contributed by atoms with Gasteiger partial charge in [-0.3, -0.25) is 9.09 Å². The minimum atomic E-state index is -5.71. The molecule has 2 rings (SSSR count). The van der Waals surface area contributed by atoms with E-state index in [1.54, 1.807) is 0 Å². The lowest BCUT2D eigenvalue weighted by Crippen LogP contribution is -2.42. The lowest BCUT2D eigenvalue weighted by Gasteiger charge is -2.28. The van der Waals surface area contributed by atoms with Gasteiger partial charge in [0, 0.05) is 6.20 Å². The fourth-order valence-corrected chi connectivity index (χ4v) is 5.92. The number of nitrogens with zero attached hydrogens (tertiary/aromatic N) is 2. The highest BCUT2D eigenvalue weighted by molar-refractivity contribution is 7.66. The molecule has 2 unspecified atom stereocenters. The molecule has 0 radical (unpaired) electrons. The number of aromatic nitrogens is 2. The number of aliphatic hydroxyl groups is 1. The first-order chi connectivity index (χ1) is 13.4. The molecule has 7 N–H and O–H groups in total. The molecule has 0 spiro atoms. The Hall–Kier alpha value is -0.700. The summed E-state index contributed by atoms with van der Waals surface area (Å²) in [6, 6.07) is 1.25. The van der Waals surface area contributed by atoms with Crippen LogP contribution in [0.4, 0.5) is 5.82 Å². The van der Waals surface area contributed by atoms with Crippen molar-refractivity contribution in [3.8, 4) is 0 Å². The third-order valence-corrected chi connectivity index (χ3v) is 7.88. The lowest BCUT2D eigenvalue weighted by molar-refractivity contribution is -0.114. The van der Waals surface area contributed by atoms with Crippen molar-refractivity contribution >= 4 is 40.9 Å². The SMILES string of the molecule is C[C@]1(COP(=O)(O)OP(=O)(O)OP(=O)(O)O)O[C@@H](n2ccc(N)nc2=O)[C@H](Cl)[C@@H]1O. The van der Waals surface area contributed by atoms with E-state index in [0.717, 1.165) is 4.57 Å². The van der Waals surface area contributed by atoms with Crippen LogP contribution in [0.2, 0.25) is 0 Å². The lowest BCUT2D eigenvalue weighted by atomic mass is 10.0. The van der Waals surface area contributed by atoms with Gasteiger partial charge >= 0.3 is 29.2 Å². The van der Waals surface area contributed by atoms with Gasteiger partial charge in [-0.05, 0) is 13.0 Å². The summed E-state index contributed by atoms with van der Waals surface area (Å²) in [5, 5.41) is 9.06. The standard InChI is InChI=1S/C10H17ClN3O13P3/c1-10(4-24-29(20,21)27-30(22,23)26-28(17,18)19)7(15)6(11)8(25-10)14-3-2-5(12)13-9(14)16/h2-3,6-8,15H,4H2,1H3,(H,20,21)(H,22,23)(H2,12,13,16)(H2,17,18,19)/t6-,7+,8-,10-/m1/s1. The maximum atomic E-state index is 12.0. The van der Waals surface area contributed by atoms with E-state index < -0.39 is 59.1 Å². The molecule has 30 heavy (non-hydrogen) atoms. The normalized spacial score (nSPS) is 31.2. The first kappa shape index (κ1) is 25.6. The summed E-state index contributed by atoms with van der Waals surface area (Å²) in [7, 11) is -16.7. The van der Waals surface area contributed by atoms with E-state index in [1.807, 2.05) is 0 Å². The van der Waals surface area contributed by atoms with Gasteiger partial charge in [-0.25, -0.2) is 18.5 Å². The van der Waals surface area contributed by atoms with Crippen molar-refractivity contribution in [2.75, 3.05) is 12.3 Å². The molecule has 2 heterocycles. The Labute approximate surface area is 172 Å². The van der Waals surface area contributed by atoms with Crippen LogP contribution in [0.15, 0.2) is 17.1 Å². The topological polar surface area (TPSA) is 250 Å². The number of halogens is 1. The Balaban J connectivity index is 2.14. The molecule has 0 aliphatic carbocycles. The molecule has 1 fully saturated rings. The quantitative estimate of drug-likeness (QED) is 0.187. The Morgan fingerprint density at radius 1 is 1.27 bits per heavy atom. The number of hydrogen-bond acceptors (Lipinski definition) is 11. The monoisotopic (exact) mass is 515 g/mol. The van der Waals surface area contributed by atoms with Gasteiger partial charge in [0.1, 0.15) is 22.9 Å². The smallest absolute Gasteiger partial charge is 0.388 e. The van der Waals surface area contributed by atoms with E-state index >= 15 is 0 Å². The molecular formula is C10H17ClN3O13P3. The second-order valence-corrected chi connectivity index (χ2v) is 11.0. The molecule has 1 saturated heterocycles. The molecule has 20 heteroatoms. The number of rotatable bonds is 8. The van der Waals surface area contributed by atoms with Crippen LogP contribution in [0.25, 0.3) is 0 Å². The van der Waals surface area contributed by atoms with Crippen molar-refractivity contribution in [1.82, 2.24) is 9.55 Å². The first-order valence-electron chi connectivity index (χ1n) is 7.58. The predicted molar refractivity (Wildman–Crippen MR) is 96.9 cm³/mol. The van der Waals surface area contributed by atoms with Gasteiger partial charge in [-0.1, -0.05) is 0 Å². The van der Waals surface area contributed by atoms with Gasteiger partial charge in [-0.2, -0.15) is 13.6 Å². The average Bonchev–Trinajstić information content (AvgIpc) is 2.75. The van der Waals surface area contributed by atoms with Crippen LogP contribution in [0.5, 0.6) is 0 Å². The molecular weight excluding hydrogens is 498 g/mol. The number of alkyl halides is 1. The van der Waals surface area contributed by atoms with Crippen LogP contribution < -0.4 is 11.4 Å². The van der Waals surface area contributed by atoms with Crippen LogP contribution >= 0.6 is 35.1 Å². The van der Waals surface area contributed by atoms with Gasteiger partial charge in [0.05, 0.1) is 6.61 Å². The van der Waals surface area contributed by atoms with Gasteiger partial charge in [0.25, 0.3) is 0 Å². The fourth-order valence-electron chi connectivity index (χ4n) is 2.37. The molecule has 172 valence electrons. The Morgan fingerprint density at radius 2 is 1.87 bits per heavy atom. The highest BCUT2D eigenvalue weighted by atomic mass is 35.5. The summed E-state index contributed by atoms with van der Waals surface area (Å²) in [6.45, 7) is 0.197. The Bertz CT molecular complexity index is 999. The largest absolute Gasteiger partial charge is 0.490 e. The van der Waals surface area contributed by atoms with Crippen molar-refractivity contribution in [1.29, 1.82) is 0 Å². The van der Waals surface area contributed by atoms with Gasteiger partial charge in [0.15, 0.2) is 6.23 Å². The highest BCUT2D eigenvalue weighted by Gasteiger charge is 2.53. The number of nitrogens with two attached hydrogens (primary N) is 1. The van der Waals surface area contributed by atoms with Crippen LogP contribution in [0.3, 0.4) is 0 Å². The molecule has 1 aromatic heterocycles. The summed E-state index contributed by atoms with van der Waals surface area (Å²) in [5.74, 6) is -0.0867. The number of nitrogen functional groups attached to an aromatic ring is 1. The summed E-state index contributed by atoms with van der Waals surface area (Å²) in [4.78, 5) is 51.1. The van der Waals surface area contributed by atoms with E-state index in [9.17, 15) is 28.5 Å². The third-order valence-electron chi connectivity index (χ3n) is 3.65. The third kappa shape index (κ3) is 6.40. The molecule has 0 amide bonds. The maximum absolute atomic E-state index is 12.0. The second kappa shape index (κ2) is 8.68. The van der Waals surface area contributed by atoms with Crippen LogP contribution in [0, 0.1) is 0 Å². The minimum Gasteiger partial charge on any atom is -0.388 e. The zero-order chi connectivity index (χ0) is 23.1. The molecule has 0 bridgehead atoms. The van der Waals surface area contributed by atoms with E-state index in [4.69, 9.17) is 36.8 Å². The summed E-state index contributed by atoms with van der Waals surface area (Å²) >= 11 is 6.09. The zero-order valence-electron chi connectivity index (χ0n) is 14.8. The summed E-state index contributed by atoms with van der Waals surface area (Å²) in [5.41, 5.74) is 2.67. The molecule has 1 aliphatic rings. The number of anilines is 1. The van der Waals surface area contributed by atoms with E-state index in [-0.39, 0.29) is 5.82 Å². The zero-order valence-corrected chi connectivity index (χ0v) is 18.2. The predicted octanol–water partition coefficient (Wildman–Crippen LogP) is -0.575. The van der Waals surface area contributed by atoms with Crippen LogP contribution in [-0.2, 0) is 31.6 Å². The number of aliphatic hydroxyl groups excluding tert-OH is 1. The van der Waals surface area contributed by atoms with E-state index in [0.29, 0.717) is 0 Å². The second-order valence-electron chi connectivity index (χ2n) is 6.12. The maximum Gasteiger partial charge on any atom is 0.490 e. The highest BCUT2D eigenvalue weighted by Crippen LogP contribution is 2.66. The first-order valence-corrected chi connectivity index (χ1v) is 12.5. The number of hydrogen-bond donors (Lipinski definition) is 6. The Kier molecular flexibility index (Phi) is 7.39. The van der Waals surface area contributed by atoms with Crippen LogP contribution in [-0.4, -0.2) is 57.9 Å². The van der Waals surface area contributed by atoms with E-state index in [1.165, 1.54) is 19.2 Å². The molecule has 6 atom stereocenters. The summed E-state index contributed by atoms with van der Waals surface area (Å²) in [6.07, 6.45) is -1.72. The van der Waals surface area contributed by atoms with Crippen molar-refractivity contribution in [2.24, 2.45) is 0 Å². The minimum absolute atomic E-state index is 0.0867. The van der Waals surface area contributed by atoms with Crippen molar-refractivity contribution in [3.63, 3.8) is 0 Å². The molecule has 1 aromatic rings. The van der Waals surface area contributed by atoms with Gasteiger partial charge in [0.2, 0.25) is 0 Å². The number of ether oxygens (including phenoxy) is 1. The summed E-state index contributed by atoms with van der Waals surface area (Å²) < 4.78 is 51.8. The van der Waals surface area contributed by atoms with Crippen LogP contribution in [0.1, 0.15) is 13.2 Å².